The monoisotopic (exact) mass is 580 g/mol. The molecule has 10 nitrogen and oxygen atoms in total. The van der Waals surface area contributed by atoms with Crippen LogP contribution in [0.5, 0.6) is 0 Å². The van der Waals surface area contributed by atoms with Crippen molar-refractivity contribution in [3.63, 3.8) is 0 Å². The minimum atomic E-state index is -0.517. The van der Waals surface area contributed by atoms with Crippen LogP contribution in [0.15, 0.2) is 24.3 Å². The number of likely N-dealkylation sites (N-methyl/N-ethyl adjacent to an activating group) is 1. The van der Waals surface area contributed by atoms with Crippen LogP contribution in [0.4, 0.5) is 4.79 Å². The lowest BCUT2D eigenvalue weighted by molar-refractivity contribution is 0.0721. The van der Waals surface area contributed by atoms with E-state index in [-0.39, 0.29) is 37.4 Å². The van der Waals surface area contributed by atoms with Crippen LogP contribution in [0, 0.1) is 0 Å². The van der Waals surface area contributed by atoms with Gasteiger partial charge in [0.25, 0.3) is 11.8 Å². The molecule has 3 amide bonds. The SMILES string of the molecule is CCOC(=O)N1CCC(NC(=O)c2cc3cc(Cl)ccc3[nH]2)C(NC(=O)c2nc3c(s2)CN(C)CC3)C1.Cl. The molecule has 3 N–H and O–H groups in total. The standard InChI is InChI=1S/C25H29ClN6O4S.ClH/c1-3-36-25(35)32-9-7-17(28-22(33)19-11-14-10-15(26)4-5-16(14)27-19)20(12-32)29-23(34)24-30-18-6-8-31(2)13-21(18)37-24;/h4-5,10-11,17,20,27H,3,6-9,12-13H2,1-2H3,(H,28,33)(H,29,34);1H. The van der Waals surface area contributed by atoms with Crippen molar-refractivity contribution in [2.75, 3.05) is 33.3 Å². The Morgan fingerprint density at radius 2 is 1.97 bits per heavy atom. The number of hydrogen-bond donors (Lipinski definition) is 3. The predicted molar refractivity (Wildman–Crippen MR) is 148 cm³/mol. The maximum Gasteiger partial charge on any atom is 0.409 e. The Morgan fingerprint density at radius 1 is 1.18 bits per heavy atom. The summed E-state index contributed by atoms with van der Waals surface area (Å²) in [5.74, 6) is -0.605. The van der Waals surface area contributed by atoms with Gasteiger partial charge in [-0.3, -0.25) is 9.59 Å². The van der Waals surface area contributed by atoms with Gasteiger partial charge in [-0.05, 0) is 44.7 Å². The fourth-order valence-corrected chi connectivity index (χ4v) is 6.05. The first kappa shape index (κ1) is 28.2. The number of aromatic amines is 1. The summed E-state index contributed by atoms with van der Waals surface area (Å²) in [6, 6.07) is 6.20. The van der Waals surface area contributed by atoms with Crippen molar-refractivity contribution in [2.45, 2.75) is 38.4 Å². The number of aromatic nitrogens is 2. The predicted octanol–water partition coefficient (Wildman–Crippen LogP) is 3.45. The Hall–Kier alpha value is -2.86. The molecule has 2 aromatic heterocycles. The second kappa shape index (κ2) is 11.9. The molecule has 4 heterocycles. The molecule has 0 saturated carbocycles. The zero-order chi connectivity index (χ0) is 26.1. The summed E-state index contributed by atoms with van der Waals surface area (Å²) in [6.45, 7) is 4.30. The van der Waals surface area contributed by atoms with Gasteiger partial charge in [0.2, 0.25) is 0 Å². The molecular weight excluding hydrogens is 551 g/mol. The van der Waals surface area contributed by atoms with Crippen molar-refractivity contribution in [1.29, 1.82) is 0 Å². The molecule has 2 atom stereocenters. The summed E-state index contributed by atoms with van der Waals surface area (Å²) in [6.07, 6.45) is 0.830. The molecule has 0 radical (unpaired) electrons. The quantitative estimate of drug-likeness (QED) is 0.425. The normalized spacial score (nSPS) is 19.4. The summed E-state index contributed by atoms with van der Waals surface area (Å²) in [4.78, 5) is 51.3. The van der Waals surface area contributed by atoms with Crippen LogP contribution in [0.1, 0.15) is 44.2 Å². The molecule has 2 aliphatic rings. The number of benzene rings is 1. The first-order valence-electron chi connectivity index (χ1n) is 12.3. The average Bonchev–Trinajstić information content (AvgIpc) is 3.49. The summed E-state index contributed by atoms with van der Waals surface area (Å²) < 4.78 is 5.17. The number of H-pyrrole nitrogens is 1. The molecule has 204 valence electrons. The van der Waals surface area contributed by atoms with E-state index in [9.17, 15) is 14.4 Å². The van der Waals surface area contributed by atoms with Gasteiger partial charge in [-0.25, -0.2) is 9.78 Å². The highest BCUT2D eigenvalue weighted by atomic mass is 35.5. The molecular formula is C25H30Cl2N6O4S. The van der Waals surface area contributed by atoms with E-state index in [0.717, 1.165) is 41.0 Å². The summed E-state index contributed by atoms with van der Waals surface area (Å²) in [5, 5.41) is 7.88. The average molecular weight is 582 g/mol. The number of fused-ring (bicyclic) bond motifs is 2. The van der Waals surface area contributed by atoms with Gasteiger partial charge < -0.3 is 30.2 Å². The Balaban J connectivity index is 0.00000336. The van der Waals surface area contributed by atoms with Gasteiger partial charge in [-0.2, -0.15) is 0 Å². The number of thiazole rings is 1. The second-order valence-corrected chi connectivity index (χ2v) is 10.9. The number of hydrogen-bond acceptors (Lipinski definition) is 7. The fraction of sp³-hybridized carbons (Fsp3) is 0.440. The molecule has 0 spiro atoms. The zero-order valence-electron chi connectivity index (χ0n) is 21.1. The number of halogens is 2. The lowest BCUT2D eigenvalue weighted by Gasteiger charge is -2.38. The van der Waals surface area contributed by atoms with E-state index >= 15 is 0 Å². The van der Waals surface area contributed by atoms with Gasteiger partial charge in [-0.1, -0.05) is 11.6 Å². The number of rotatable bonds is 5. The minimum Gasteiger partial charge on any atom is -0.450 e. The summed E-state index contributed by atoms with van der Waals surface area (Å²) in [7, 11) is 2.05. The van der Waals surface area contributed by atoms with Gasteiger partial charge in [-0.15, -0.1) is 23.7 Å². The van der Waals surface area contributed by atoms with Crippen molar-refractivity contribution in [3.8, 4) is 0 Å². The van der Waals surface area contributed by atoms with E-state index in [1.165, 1.54) is 11.3 Å². The Kier molecular flexibility index (Phi) is 8.81. The highest BCUT2D eigenvalue weighted by molar-refractivity contribution is 7.13. The molecule has 1 aromatic carbocycles. The van der Waals surface area contributed by atoms with Crippen molar-refractivity contribution >= 4 is 64.2 Å². The molecule has 2 unspecified atom stereocenters. The lowest BCUT2D eigenvalue weighted by atomic mass is 9.99. The van der Waals surface area contributed by atoms with Crippen LogP contribution in [0.2, 0.25) is 5.02 Å². The number of amides is 3. The second-order valence-electron chi connectivity index (χ2n) is 9.38. The smallest absolute Gasteiger partial charge is 0.409 e. The van der Waals surface area contributed by atoms with E-state index < -0.39 is 18.2 Å². The third-order valence-corrected chi connectivity index (χ3v) is 8.03. The fourth-order valence-electron chi connectivity index (χ4n) is 4.77. The number of nitrogens with one attached hydrogen (secondary N) is 3. The van der Waals surface area contributed by atoms with E-state index in [2.05, 4.69) is 25.5 Å². The Bertz CT molecular complexity index is 1340. The number of carbonyl (C=O) groups excluding carboxylic acids is 3. The maximum atomic E-state index is 13.2. The van der Waals surface area contributed by atoms with Gasteiger partial charge in [0.1, 0.15) is 5.69 Å². The Morgan fingerprint density at radius 3 is 2.76 bits per heavy atom. The minimum absolute atomic E-state index is 0. The molecule has 0 aliphatic carbocycles. The summed E-state index contributed by atoms with van der Waals surface area (Å²) >= 11 is 7.47. The number of piperidine rings is 1. The van der Waals surface area contributed by atoms with E-state index in [1.54, 1.807) is 30.0 Å². The number of carbonyl (C=O) groups is 3. The van der Waals surface area contributed by atoms with Crippen LogP contribution in [-0.4, -0.2) is 83.0 Å². The summed E-state index contributed by atoms with van der Waals surface area (Å²) in [5.41, 5.74) is 2.16. The van der Waals surface area contributed by atoms with Crippen molar-refractivity contribution in [2.24, 2.45) is 0 Å². The van der Waals surface area contributed by atoms with Crippen molar-refractivity contribution < 1.29 is 19.1 Å². The molecule has 1 saturated heterocycles. The number of ether oxygens (including phenoxy) is 1. The number of nitrogens with zero attached hydrogens (tertiary/aromatic N) is 3. The highest BCUT2D eigenvalue weighted by Crippen LogP contribution is 2.25. The van der Waals surface area contributed by atoms with Crippen LogP contribution in [0.3, 0.4) is 0 Å². The van der Waals surface area contributed by atoms with Crippen LogP contribution in [0.25, 0.3) is 10.9 Å². The Labute approximate surface area is 235 Å². The number of likely N-dealkylation sites (tertiary alicyclic amines) is 1. The van der Waals surface area contributed by atoms with E-state index in [4.69, 9.17) is 16.3 Å². The first-order chi connectivity index (χ1) is 17.8. The van der Waals surface area contributed by atoms with Crippen molar-refractivity contribution in [1.82, 2.24) is 30.4 Å². The van der Waals surface area contributed by atoms with Gasteiger partial charge >= 0.3 is 6.09 Å². The van der Waals surface area contributed by atoms with E-state index in [0.29, 0.717) is 28.7 Å². The largest absolute Gasteiger partial charge is 0.450 e. The highest BCUT2D eigenvalue weighted by Gasteiger charge is 2.35. The molecule has 2 aliphatic heterocycles. The topological polar surface area (TPSA) is 120 Å². The van der Waals surface area contributed by atoms with E-state index in [1.807, 2.05) is 13.1 Å². The molecule has 13 heteroatoms. The van der Waals surface area contributed by atoms with Crippen LogP contribution < -0.4 is 10.6 Å². The van der Waals surface area contributed by atoms with Crippen molar-refractivity contribution in [3.05, 3.63) is 50.6 Å². The zero-order valence-corrected chi connectivity index (χ0v) is 23.5. The molecule has 1 fully saturated rings. The molecule has 3 aromatic rings. The molecule has 5 rings (SSSR count). The first-order valence-corrected chi connectivity index (χ1v) is 13.5. The molecule has 38 heavy (non-hydrogen) atoms. The maximum absolute atomic E-state index is 13.2. The van der Waals surface area contributed by atoms with Gasteiger partial charge in [0.05, 0.1) is 24.4 Å². The van der Waals surface area contributed by atoms with Crippen LogP contribution in [-0.2, 0) is 17.7 Å². The molecule has 0 bridgehead atoms. The van der Waals surface area contributed by atoms with Gasteiger partial charge in [0, 0.05) is 53.4 Å². The third kappa shape index (κ3) is 6.06. The van der Waals surface area contributed by atoms with Gasteiger partial charge in [0.15, 0.2) is 5.01 Å². The lowest BCUT2D eigenvalue weighted by Crippen LogP contribution is -2.61. The van der Waals surface area contributed by atoms with Crippen LogP contribution >= 0.6 is 35.3 Å². The third-order valence-electron chi connectivity index (χ3n) is 6.72.